The van der Waals surface area contributed by atoms with Crippen molar-refractivity contribution in [2.75, 3.05) is 0 Å². The highest BCUT2D eigenvalue weighted by atomic mass is 35.5. The molecule has 4 aromatic rings. The lowest BCUT2D eigenvalue weighted by atomic mass is 9.98. The molecule has 0 aliphatic carbocycles. The maximum absolute atomic E-state index is 13.0. The SMILES string of the molecule is CCCCc1c(Cl)n(C(=O)CC)c(=O)n1Cc1ccc(-c2ccccc2-c2nn[nH]n2)cc1. The molecule has 2 aromatic heterocycles. The van der Waals surface area contributed by atoms with Crippen molar-refractivity contribution in [3.05, 3.63) is 75.4 Å². The van der Waals surface area contributed by atoms with Crippen LogP contribution in [-0.2, 0) is 13.0 Å². The third-order valence-electron chi connectivity index (χ3n) is 5.62. The smallest absolute Gasteiger partial charge is 0.290 e. The highest BCUT2D eigenvalue weighted by Crippen LogP contribution is 2.30. The van der Waals surface area contributed by atoms with Crippen molar-refractivity contribution in [1.82, 2.24) is 29.8 Å². The van der Waals surface area contributed by atoms with Gasteiger partial charge in [-0.2, -0.15) is 5.21 Å². The van der Waals surface area contributed by atoms with Crippen LogP contribution in [0.25, 0.3) is 22.5 Å². The fourth-order valence-electron chi connectivity index (χ4n) is 3.86. The van der Waals surface area contributed by atoms with E-state index in [1.807, 2.05) is 48.5 Å². The van der Waals surface area contributed by atoms with Gasteiger partial charge in [0.25, 0.3) is 0 Å². The summed E-state index contributed by atoms with van der Waals surface area (Å²) in [5.74, 6) is 0.230. The number of unbranched alkanes of at least 4 members (excludes halogenated alkanes) is 1. The summed E-state index contributed by atoms with van der Waals surface area (Å²) >= 11 is 6.48. The van der Waals surface area contributed by atoms with Gasteiger partial charge in [-0.1, -0.05) is 80.4 Å². The fourth-order valence-corrected chi connectivity index (χ4v) is 4.22. The molecule has 0 saturated carbocycles. The third kappa shape index (κ3) is 4.52. The van der Waals surface area contributed by atoms with Crippen LogP contribution in [-0.4, -0.2) is 35.7 Å². The Morgan fingerprint density at radius 2 is 1.79 bits per heavy atom. The minimum absolute atomic E-state index is 0.214. The highest BCUT2D eigenvalue weighted by Gasteiger charge is 2.22. The van der Waals surface area contributed by atoms with E-state index in [-0.39, 0.29) is 23.2 Å². The quantitative estimate of drug-likeness (QED) is 0.411. The Bertz CT molecular complexity index is 1310. The number of hydrogen-bond donors (Lipinski definition) is 1. The molecule has 2 heterocycles. The first-order valence-electron chi connectivity index (χ1n) is 11.0. The minimum Gasteiger partial charge on any atom is -0.290 e. The lowest BCUT2D eigenvalue weighted by molar-refractivity contribution is 0.0904. The average molecular weight is 465 g/mol. The molecule has 33 heavy (non-hydrogen) atoms. The molecular formula is C24H25ClN6O2. The van der Waals surface area contributed by atoms with Crippen LogP contribution in [0.1, 0.15) is 49.2 Å². The Balaban J connectivity index is 1.67. The van der Waals surface area contributed by atoms with Crippen LogP contribution in [0.4, 0.5) is 0 Å². The molecule has 8 nitrogen and oxygen atoms in total. The zero-order chi connectivity index (χ0) is 23.4. The van der Waals surface area contributed by atoms with E-state index in [0.29, 0.717) is 24.5 Å². The van der Waals surface area contributed by atoms with Crippen LogP contribution in [0, 0.1) is 0 Å². The maximum Gasteiger partial charge on any atom is 0.336 e. The van der Waals surface area contributed by atoms with Gasteiger partial charge in [0.15, 0.2) is 0 Å². The van der Waals surface area contributed by atoms with Crippen LogP contribution < -0.4 is 5.69 Å². The maximum atomic E-state index is 13.0. The summed E-state index contributed by atoms with van der Waals surface area (Å²) in [7, 11) is 0. The first kappa shape index (κ1) is 22.7. The van der Waals surface area contributed by atoms with E-state index >= 15 is 0 Å². The number of carbonyl (C=O) groups is 1. The molecule has 0 fully saturated rings. The van der Waals surface area contributed by atoms with E-state index < -0.39 is 0 Å². The molecular weight excluding hydrogens is 440 g/mol. The lowest BCUT2D eigenvalue weighted by Crippen LogP contribution is -2.29. The summed E-state index contributed by atoms with van der Waals surface area (Å²) in [5.41, 5.74) is 4.11. The summed E-state index contributed by atoms with van der Waals surface area (Å²) in [6.07, 6.45) is 2.71. The van der Waals surface area contributed by atoms with Crippen molar-refractivity contribution in [3.63, 3.8) is 0 Å². The molecule has 0 atom stereocenters. The van der Waals surface area contributed by atoms with Crippen molar-refractivity contribution >= 4 is 17.5 Å². The standard InChI is InChI=1S/C24H25ClN6O2/c1-3-5-10-20-22(25)31(21(32)4-2)24(33)30(20)15-16-11-13-17(14-12-16)18-8-6-7-9-19(18)23-26-28-29-27-23/h6-9,11-14H,3-5,10,15H2,1-2H3,(H,26,27,28,29). The monoisotopic (exact) mass is 464 g/mol. The molecule has 0 amide bonds. The van der Waals surface area contributed by atoms with Crippen LogP contribution in [0.3, 0.4) is 0 Å². The summed E-state index contributed by atoms with van der Waals surface area (Å²) in [4.78, 5) is 25.4. The second kappa shape index (κ2) is 9.95. The van der Waals surface area contributed by atoms with Gasteiger partial charge in [-0.3, -0.25) is 9.36 Å². The molecule has 0 saturated heterocycles. The molecule has 0 radical (unpaired) electrons. The summed E-state index contributed by atoms with van der Waals surface area (Å²) in [5, 5.41) is 14.6. The number of carbonyl (C=O) groups excluding carboxylic acids is 1. The zero-order valence-corrected chi connectivity index (χ0v) is 19.3. The number of rotatable bonds is 8. The Labute approximate surface area is 196 Å². The molecule has 1 N–H and O–H groups in total. The Kier molecular flexibility index (Phi) is 6.84. The molecule has 2 aromatic carbocycles. The third-order valence-corrected chi connectivity index (χ3v) is 6.01. The number of aromatic nitrogens is 6. The predicted molar refractivity (Wildman–Crippen MR) is 127 cm³/mol. The van der Waals surface area contributed by atoms with Crippen molar-refractivity contribution in [2.24, 2.45) is 0 Å². The second-order valence-corrected chi connectivity index (χ2v) is 8.13. The Morgan fingerprint density at radius 1 is 1.06 bits per heavy atom. The predicted octanol–water partition coefficient (Wildman–Crippen LogP) is 4.59. The number of nitrogens with one attached hydrogen (secondary N) is 1. The van der Waals surface area contributed by atoms with Crippen molar-refractivity contribution < 1.29 is 4.79 Å². The summed E-state index contributed by atoms with van der Waals surface area (Å²) in [6.45, 7) is 4.14. The van der Waals surface area contributed by atoms with E-state index in [9.17, 15) is 9.59 Å². The largest absolute Gasteiger partial charge is 0.336 e. The van der Waals surface area contributed by atoms with E-state index in [1.54, 1.807) is 11.5 Å². The Hall–Kier alpha value is -3.52. The highest BCUT2D eigenvalue weighted by molar-refractivity contribution is 6.31. The molecule has 0 bridgehead atoms. The van der Waals surface area contributed by atoms with E-state index in [2.05, 4.69) is 27.5 Å². The summed E-state index contributed by atoms with van der Waals surface area (Å²) in [6, 6.07) is 15.8. The number of imidazole rings is 1. The van der Waals surface area contributed by atoms with Crippen LogP contribution in [0.5, 0.6) is 0 Å². The van der Waals surface area contributed by atoms with Gasteiger partial charge < -0.3 is 0 Å². The average Bonchev–Trinajstić information content (AvgIpc) is 3.45. The normalized spacial score (nSPS) is 11.1. The minimum atomic E-state index is -0.385. The van der Waals surface area contributed by atoms with Gasteiger partial charge in [-0.15, -0.1) is 10.2 Å². The number of halogens is 1. The molecule has 0 spiro atoms. The van der Waals surface area contributed by atoms with E-state index in [0.717, 1.165) is 39.7 Å². The van der Waals surface area contributed by atoms with Gasteiger partial charge in [0.1, 0.15) is 5.15 Å². The van der Waals surface area contributed by atoms with Gasteiger partial charge in [0, 0.05) is 12.0 Å². The molecule has 0 unspecified atom stereocenters. The number of tetrazole rings is 1. The molecule has 170 valence electrons. The number of aromatic amines is 1. The molecule has 0 aliphatic rings. The first-order chi connectivity index (χ1) is 16.0. The van der Waals surface area contributed by atoms with Crippen molar-refractivity contribution in [2.45, 2.75) is 46.1 Å². The van der Waals surface area contributed by atoms with Crippen LogP contribution in [0.15, 0.2) is 53.3 Å². The number of H-pyrrole nitrogens is 1. The van der Waals surface area contributed by atoms with E-state index in [4.69, 9.17) is 11.6 Å². The van der Waals surface area contributed by atoms with Crippen LogP contribution in [0.2, 0.25) is 5.15 Å². The summed E-state index contributed by atoms with van der Waals surface area (Å²) < 4.78 is 2.72. The van der Waals surface area contributed by atoms with Gasteiger partial charge in [-0.05, 0) is 34.7 Å². The molecule has 0 aliphatic heterocycles. The second-order valence-electron chi connectivity index (χ2n) is 7.77. The Morgan fingerprint density at radius 3 is 2.42 bits per heavy atom. The van der Waals surface area contributed by atoms with E-state index in [1.165, 1.54) is 0 Å². The number of hydrogen-bond acceptors (Lipinski definition) is 5. The van der Waals surface area contributed by atoms with Gasteiger partial charge >= 0.3 is 5.69 Å². The van der Waals surface area contributed by atoms with Crippen molar-refractivity contribution in [1.29, 1.82) is 0 Å². The van der Waals surface area contributed by atoms with Crippen LogP contribution >= 0.6 is 11.6 Å². The zero-order valence-electron chi connectivity index (χ0n) is 18.6. The lowest BCUT2D eigenvalue weighted by Gasteiger charge is -2.10. The fraction of sp³-hybridized carbons (Fsp3) is 0.292. The number of nitrogens with zero attached hydrogens (tertiary/aromatic N) is 5. The number of benzene rings is 2. The molecule has 4 rings (SSSR count). The first-order valence-corrected chi connectivity index (χ1v) is 11.4. The van der Waals surface area contributed by atoms with Crippen molar-refractivity contribution in [3.8, 4) is 22.5 Å². The van der Waals surface area contributed by atoms with Gasteiger partial charge in [0.05, 0.1) is 12.2 Å². The van der Waals surface area contributed by atoms with Gasteiger partial charge in [-0.25, -0.2) is 9.36 Å². The topological polar surface area (TPSA) is 98.5 Å². The van der Waals surface area contributed by atoms with Gasteiger partial charge in [0.2, 0.25) is 11.7 Å². The molecule has 9 heteroatoms.